The van der Waals surface area contributed by atoms with Gasteiger partial charge in [0.15, 0.2) is 0 Å². The molecule has 6 heteroatoms. The molecule has 2 aliphatic rings. The minimum Gasteiger partial charge on any atom is -0.496 e. The third-order valence-electron chi connectivity index (χ3n) is 5.45. The number of hydrogen-bond acceptors (Lipinski definition) is 5. The number of para-hydroxylation sites is 1. The van der Waals surface area contributed by atoms with Crippen LogP contribution < -0.4 is 9.64 Å². The number of anilines is 1. The minimum absolute atomic E-state index is 0.0610. The van der Waals surface area contributed by atoms with Crippen molar-refractivity contribution < 1.29 is 9.47 Å². The van der Waals surface area contributed by atoms with E-state index >= 15 is 0 Å². The van der Waals surface area contributed by atoms with Crippen molar-refractivity contribution in [1.29, 1.82) is 0 Å². The molecule has 0 aliphatic carbocycles. The van der Waals surface area contributed by atoms with E-state index < -0.39 is 0 Å². The van der Waals surface area contributed by atoms with Crippen molar-refractivity contribution in [3.63, 3.8) is 0 Å². The maximum Gasteiger partial charge on any atom is 0.220 e. The van der Waals surface area contributed by atoms with E-state index in [0.717, 1.165) is 48.5 Å². The fourth-order valence-corrected chi connectivity index (χ4v) is 4.16. The molecule has 28 heavy (non-hydrogen) atoms. The van der Waals surface area contributed by atoms with Crippen LogP contribution in [0.3, 0.4) is 0 Å². The van der Waals surface area contributed by atoms with Crippen molar-refractivity contribution in [2.75, 3.05) is 44.7 Å². The topological polar surface area (TPSA) is 37.3 Å². The minimum atomic E-state index is 0.0610. The largest absolute Gasteiger partial charge is 0.496 e. The van der Waals surface area contributed by atoms with Gasteiger partial charge in [-0.25, -0.2) is 4.99 Å². The van der Waals surface area contributed by atoms with Gasteiger partial charge in [0.1, 0.15) is 17.9 Å². The molecular formula is C22H26BrN3O2. The third kappa shape index (κ3) is 4.18. The van der Waals surface area contributed by atoms with E-state index in [9.17, 15) is 0 Å². The lowest BCUT2D eigenvalue weighted by Gasteiger charge is -2.37. The van der Waals surface area contributed by atoms with E-state index in [4.69, 9.17) is 14.5 Å². The smallest absolute Gasteiger partial charge is 0.220 e. The van der Waals surface area contributed by atoms with Crippen LogP contribution >= 0.6 is 15.9 Å². The van der Waals surface area contributed by atoms with Gasteiger partial charge in [-0.05, 0) is 37.3 Å². The van der Waals surface area contributed by atoms with Gasteiger partial charge in [-0.15, -0.1) is 0 Å². The number of rotatable bonds is 5. The van der Waals surface area contributed by atoms with Gasteiger partial charge < -0.3 is 14.4 Å². The Balaban J connectivity index is 1.40. The number of piperazine rings is 1. The number of halogens is 1. The summed E-state index contributed by atoms with van der Waals surface area (Å²) in [4.78, 5) is 9.84. The fraction of sp³-hybridized carbons (Fsp3) is 0.409. The van der Waals surface area contributed by atoms with E-state index in [-0.39, 0.29) is 12.1 Å². The highest BCUT2D eigenvalue weighted by Crippen LogP contribution is 2.28. The van der Waals surface area contributed by atoms with Crippen molar-refractivity contribution in [2.24, 2.45) is 4.99 Å². The zero-order valence-electron chi connectivity index (χ0n) is 16.3. The number of benzene rings is 2. The number of hydrogen-bond donors (Lipinski definition) is 0. The number of methoxy groups -OCH3 is 1. The third-order valence-corrected chi connectivity index (χ3v) is 5.95. The summed E-state index contributed by atoms with van der Waals surface area (Å²) in [7, 11) is 1.68. The molecule has 5 nitrogen and oxygen atoms in total. The molecule has 0 bridgehead atoms. The number of nitrogens with zero attached hydrogens (tertiary/aromatic N) is 3. The first-order chi connectivity index (χ1) is 13.6. The molecule has 0 saturated carbocycles. The molecule has 4 rings (SSSR count). The van der Waals surface area contributed by atoms with Gasteiger partial charge in [0.2, 0.25) is 5.90 Å². The first kappa shape index (κ1) is 19.3. The van der Waals surface area contributed by atoms with Crippen molar-refractivity contribution in [1.82, 2.24) is 4.90 Å². The lowest BCUT2D eigenvalue weighted by molar-refractivity contribution is 0.168. The molecule has 2 aromatic rings. The van der Waals surface area contributed by atoms with Crippen LogP contribution in [0.5, 0.6) is 5.75 Å². The summed E-state index contributed by atoms with van der Waals surface area (Å²) < 4.78 is 12.6. The average molecular weight is 444 g/mol. The number of ether oxygens (including phenoxy) is 2. The molecule has 2 aliphatic heterocycles. The van der Waals surface area contributed by atoms with Crippen LogP contribution in [0.2, 0.25) is 0 Å². The SMILES string of the molecule is COc1ccc(Br)cc1C1=N[C@H](CN2CCN(c3ccccc3)CC2)[C@@H](C)O1. The molecule has 148 valence electrons. The molecule has 0 aromatic heterocycles. The Bertz CT molecular complexity index is 835. The molecule has 0 unspecified atom stereocenters. The lowest BCUT2D eigenvalue weighted by Crippen LogP contribution is -2.49. The van der Waals surface area contributed by atoms with Gasteiger partial charge in [-0.3, -0.25) is 4.90 Å². The molecule has 0 N–H and O–H groups in total. The maximum atomic E-state index is 6.10. The Hall–Kier alpha value is -2.05. The normalized spacial score (nSPS) is 22.7. The van der Waals surface area contributed by atoms with Crippen LogP contribution in [0.15, 0.2) is 58.0 Å². The molecule has 0 spiro atoms. The molecule has 2 atom stereocenters. The lowest BCUT2D eigenvalue weighted by atomic mass is 10.1. The highest BCUT2D eigenvalue weighted by Gasteiger charge is 2.31. The summed E-state index contributed by atoms with van der Waals surface area (Å²) in [6.07, 6.45) is 0.0610. The predicted octanol–water partition coefficient (Wildman–Crippen LogP) is 3.81. The van der Waals surface area contributed by atoms with Gasteiger partial charge in [-0.2, -0.15) is 0 Å². The van der Waals surface area contributed by atoms with Gasteiger partial charge in [0.25, 0.3) is 0 Å². The zero-order chi connectivity index (χ0) is 19.5. The summed E-state index contributed by atoms with van der Waals surface area (Å²) >= 11 is 3.53. The first-order valence-electron chi connectivity index (χ1n) is 9.75. The number of aliphatic imine (C=N–C) groups is 1. The van der Waals surface area contributed by atoms with E-state index in [1.165, 1.54) is 5.69 Å². The zero-order valence-corrected chi connectivity index (χ0v) is 17.9. The monoisotopic (exact) mass is 443 g/mol. The quantitative estimate of drug-likeness (QED) is 0.703. The second-order valence-electron chi connectivity index (χ2n) is 7.29. The van der Waals surface area contributed by atoms with Gasteiger partial charge >= 0.3 is 0 Å². The molecular weight excluding hydrogens is 418 g/mol. The second-order valence-corrected chi connectivity index (χ2v) is 8.21. The summed E-state index contributed by atoms with van der Waals surface area (Å²) in [5.41, 5.74) is 2.21. The van der Waals surface area contributed by atoms with Gasteiger partial charge in [-0.1, -0.05) is 34.1 Å². The van der Waals surface area contributed by atoms with Crippen LogP contribution in [0.1, 0.15) is 12.5 Å². The van der Waals surface area contributed by atoms with Crippen molar-refractivity contribution in [3.8, 4) is 5.75 Å². The highest BCUT2D eigenvalue weighted by atomic mass is 79.9. The highest BCUT2D eigenvalue weighted by molar-refractivity contribution is 9.10. The Morgan fingerprint density at radius 2 is 1.86 bits per heavy atom. The summed E-state index contributed by atoms with van der Waals surface area (Å²) in [5.74, 6) is 1.46. The second kappa shape index (κ2) is 8.53. The van der Waals surface area contributed by atoms with Crippen LogP contribution in [0.4, 0.5) is 5.69 Å². The first-order valence-corrected chi connectivity index (χ1v) is 10.5. The fourth-order valence-electron chi connectivity index (χ4n) is 3.80. The average Bonchev–Trinajstić information content (AvgIpc) is 3.09. The predicted molar refractivity (Wildman–Crippen MR) is 117 cm³/mol. The summed E-state index contributed by atoms with van der Waals surface area (Å²) in [5, 5.41) is 0. The van der Waals surface area contributed by atoms with Crippen molar-refractivity contribution in [3.05, 3.63) is 58.6 Å². The van der Waals surface area contributed by atoms with Gasteiger partial charge in [0, 0.05) is 42.9 Å². The summed E-state index contributed by atoms with van der Waals surface area (Å²) in [6.45, 7) is 7.20. The Kier molecular flexibility index (Phi) is 5.87. The van der Waals surface area contributed by atoms with E-state index in [1.54, 1.807) is 7.11 Å². The molecule has 2 heterocycles. The molecule has 1 fully saturated rings. The molecule has 2 aromatic carbocycles. The maximum absolute atomic E-state index is 6.10. The van der Waals surface area contributed by atoms with Crippen LogP contribution in [0.25, 0.3) is 0 Å². The van der Waals surface area contributed by atoms with Crippen LogP contribution in [-0.4, -0.2) is 62.8 Å². The molecule has 0 radical (unpaired) electrons. The Morgan fingerprint density at radius 3 is 2.57 bits per heavy atom. The van der Waals surface area contributed by atoms with E-state index in [0.29, 0.717) is 5.90 Å². The van der Waals surface area contributed by atoms with Gasteiger partial charge in [0.05, 0.1) is 12.7 Å². The molecule has 0 amide bonds. The summed E-state index contributed by atoms with van der Waals surface area (Å²) in [6, 6.07) is 16.7. The Morgan fingerprint density at radius 1 is 1.11 bits per heavy atom. The Labute approximate surface area is 175 Å². The van der Waals surface area contributed by atoms with E-state index in [2.05, 4.69) is 63.0 Å². The molecule has 1 saturated heterocycles. The van der Waals surface area contributed by atoms with Crippen LogP contribution in [0, 0.1) is 0 Å². The standard InChI is InChI=1S/C22H26BrN3O2/c1-16-20(24-22(28-16)19-14-17(23)8-9-21(19)27-2)15-25-10-12-26(13-11-25)18-6-4-3-5-7-18/h3-9,14,16,20H,10-13,15H2,1-2H3/t16-,20-/m1/s1. The van der Waals surface area contributed by atoms with Crippen LogP contribution in [-0.2, 0) is 4.74 Å². The van der Waals surface area contributed by atoms with E-state index in [1.807, 2.05) is 18.2 Å². The van der Waals surface area contributed by atoms with Crippen molar-refractivity contribution in [2.45, 2.75) is 19.1 Å². The van der Waals surface area contributed by atoms with Crippen molar-refractivity contribution >= 4 is 27.5 Å².